The molecule has 2 N–H and O–H groups in total. The first-order valence-corrected chi connectivity index (χ1v) is 13.5. The fourth-order valence-electron chi connectivity index (χ4n) is 6.00. The molecule has 0 heterocycles. The maximum absolute atomic E-state index is 16.6. The topological polar surface area (TPSA) is 44.5 Å². The SMILES string of the molecule is Nc1cc2ccc3cccc4c(-c5ccc(C6CCC6)c(OCc6ccc(OC(F)(F)F)cc6)c5F)cc(c1)c2c34. The number of halogens is 4. The van der Waals surface area contributed by atoms with E-state index in [4.69, 9.17) is 10.5 Å². The maximum Gasteiger partial charge on any atom is 0.573 e. The number of nitrogens with two attached hydrogens (primary N) is 1. The van der Waals surface area contributed by atoms with Crippen LogP contribution in [-0.4, -0.2) is 6.36 Å². The summed E-state index contributed by atoms with van der Waals surface area (Å²) >= 11 is 0. The van der Waals surface area contributed by atoms with Gasteiger partial charge in [0.2, 0.25) is 0 Å². The number of ether oxygens (including phenoxy) is 2. The van der Waals surface area contributed by atoms with Gasteiger partial charge in [0.05, 0.1) is 0 Å². The van der Waals surface area contributed by atoms with Crippen LogP contribution in [0.25, 0.3) is 43.4 Å². The highest BCUT2D eigenvalue weighted by Crippen LogP contribution is 2.47. The predicted molar refractivity (Wildman–Crippen MR) is 154 cm³/mol. The Morgan fingerprint density at radius 1 is 0.780 bits per heavy atom. The van der Waals surface area contributed by atoms with Crippen LogP contribution in [-0.2, 0) is 6.61 Å². The van der Waals surface area contributed by atoms with E-state index in [1.165, 1.54) is 24.3 Å². The van der Waals surface area contributed by atoms with Gasteiger partial charge >= 0.3 is 6.36 Å². The Morgan fingerprint density at radius 2 is 1.54 bits per heavy atom. The molecule has 0 amide bonds. The molecule has 0 aliphatic heterocycles. The van der Waals surface area contributed by atoms with E-state index in [0.717, 1.165) is 62.7 Å². The number of hydrogen-bond acceptors (Lipinski definition) is 3. The highest BCUT2D eigenvalue weighted by molar-refractivity contribution is 6.26. The van der Waals surface area contributed by atoms with E-state index in [0.29, 0.717) is 16.8 Å². The maximum atomic E-state index is 16.6. The Labute approximate surface area is 233 Å². The van der Waals surface area contributed by atoms with Crippen LogP contribution in [0.5, 0.6) is 11.5 Å². The second kappa shape index (κ2) is 9.54. The average molecular weight is 556 g/mol. The molecule has 1 aliphatic carbocycles. The lowest BCUT2D eigenvalue weighted by Crippen LogP contribution is -2.17. The minimum atomic E-state index is -4.77. The molecule has 7 heteroatoms. The summed E-state index contributed by atoms with van der Waals surface area (Å²) in [4.78, 5) is 0. The van der Waals surface area contributed by atoms with Crippen molar-refractivity contribution in [3.8, 4) is 22.6 Å². The van der Waals surface area contributed by atoms with Crippen LogP contribution >= 0.6 is 0 Å². The molecule has 0 spiro atoms. The molecule has 0 radical (unpaired) electrons. The van der Waals surface area contributed by atoms with Crippen molar-refractivity contribution in [1.29, 1.82) is 0 Å². The first-order chi connectivity index (χ1) is 19.7. The molecule has 7 rings (SSSR count). The van der Waals surface area contributed by atoms with Gasteiger partial charge in [0.1, 0.15) is 12.4 Å². The van der Waals surface area contributed by atoms with Gasteiger partial charge in [-0.25, -0.2) is 4.39 Å². The average Bonchev–Trinajstić information content (AvgIpc) is 2.90. The van der Waals surface area contributed by atoms with Gasteiger partial charge in [-0.15, -0.1) is 13.2 Å². The van der Waals surface area contributed by atoms with Crippen LogP contribution in [0.3, 0.4) is 0 Å². The molecule has 0 unspecified atom stereocenters. The highest BCUT2D eigenvalue weighted by Gasteiger charge is 2.31. The van der Waals surface area contributed by atoms with Gasteiger partial charge < -0.3 is 15.2 Å². The lowest BCUT2D eigenvalue weighted by atomic mass is 9.79. The monoisotopic (exact) mass is 555 g/mol. The van der Waals surface area contributed by atoms with E-state index in [1.807, 2.05) is 42.5 Å². The quantitative estimate of drug-likeness (QED) is 0.126. The Kier molecular flexibility index (Phi) is 5.92. The number of hydrogen-bond donors (Lipinski definition) is 1. The molecule has 1 aliphatic rings. The Bertz CT molecular complexity index is 1910. The van der Waals surface area contributed by atoms with Gasteiger partial charge in [-0.1, -0.05) is 61.0 Å². The molecular formula is C34H25F4NO2. The lowest BCUT2D eigenvalue weighted by molar-refractivity contribution is -0.274. The van der Waals surface area contributed by atoms with Crippen LogP contribution in [0.1, 0.15) is 36.3 Å². The largest absolute Gasteiger partial charge is 0.573 e. The summed E-state index contributed by atoms with van der Waals surface area (Å²) in [7, 11) is 0. The van der Waals surface area contributed by atoms with E-state index in [2.05, 4.69) is 22.9 Å². The zero-order valence-corrected chi connectivity index (χ0v) is 21.9. The second-order valence-electron chi connectivity index (χ2n) is 10.7. The third-order valence-corrected chi connectivity index (χ3v) is 8.10. The third-order valence-electron chi connectivity index (χ3n) is 8.10. The van der Waals surface area contributed by atoms with Crippen molar-refractivity contribution < 1.29 is 27.0 Å². The van der Waals surface area contributed by atoms with Crippen molar-refractivity contribution in [1.82, 2.24) is 0 Å². The summed E-state index contributed by atoms with van der Waals surface area (Å²) in [6, 6.07) is 25.2. The number of anilines is 1. The Balaban J connectivity index is 1.33. The third kappa shape index (κ3) is 4.55. The van der Waals surface area contributed by atoms with Crippen molar-refractivity contribution in [3.63, 3.8) is 0 Å². The molecule has 1 fully saturated rings. The predicted octanol–water partition coefficient (Wildman–Crippen LogP) is 9.72. The summed E-state index contributed by atoms with van der Waals surface area (Å²) in [5.41, 5.74) is 9.45. The smallest absolute Gasteiger partial charge is 0.486 e. The van der Waals surface area contributed by atoms with Gasteiger partial charge in [-0.05, 0) is 92.5 Å². The molecule has 0 bridgehead atoms. The Morgan fingerprint density at radius 3 is 2.27 bits per heavy atom. The summed E-state index contributed by atoms with van der Waals surface area (Å²) in [6.07, 6.45) is -1.79. The molecule has 0 atom stereocenters. The van der Waals surface area contributed by atoms with Gasteiger partial charge in [0.25, 0.3) is 0 Å². The summed E-state index contributed by atoms with van der Waals surface area (Å²) in [5, 5.41) is 6.12. The van der Waals surface area contributed by atoms with Crippen LogP contribution in [0.15, 0.2) is 84.9 Å². The Hall–Kier alpha value is -4.52. The van der Waals surface area contributed by atoms with E-state index in [9.17, 15) is 13.2 Å². The van der Waals surface area contributed by atoms with Crippen LogP contribution < -0.4 is 15.2 Å². The minimum absolute atomic E-state index is 0.000302. The molecule has 3 nitrogen and oxygen atoms in total. The first kappa shape index (κ1) is 25.4. The normalized spacial score (nSPS) is 14.1. The number of alkyl halides is 3. The van der Waals surface area contributed by atoms with Crippen LogP contribution in [0.2, 0.25) is 0 Å². The lowest BCUT2D eigenvalue weighted by Gasteiger charge is -2.28. The fourth-order valence-corrected chi connectivity index (χ4v) is 6.00. The van der Waals surface area contributed by atoms with E-state index in [1.54, 1.807) is 0 Å². The van der Waals surface area contributed by atoms with Crippen LogP contribution in [0, 0.1) is 5.82 Å². The van der Waals surface area contributed by atoms with Gasteiger partial charge in [-0.2, -0.15) is 0 Å². The molecule has 41 heavy (non-hydrogen) atoms. The van der Waals surface area contributed by atoms with E-state index >= 15 is 4.39 Å². The van der Waals surface area contributed by atoms with Crippen LogP contribution in [0.4, 0.5) is 23.2 Å². The van der Waals surface area contributed by atoms with E-state index in [-0.39, 0.29) is 24.0 Å². The molecule has 6 aromatic rings. The molecule has 0 saturated heterocycles. The molecule has 6 aromatic carbocycles. The van der Waals surface area contributed by atoms with Gasteiger partial charge in [0, 0.05) is 16.8 Å². The van der Waals surface area contributed by atoms with Crippen molar-refractivity contribution >= 4 is 38.0 Å². The molecular weight excluding hydrogens is 530 g/mol. The summed E-state index contributed by atoms with van der Waals surface area (Å²) in [5.74, 6) is -0.380. The minimum Gasteiger partial charge on any atom is -0.486 e. The highest BCUT2D eigenvalue weighted by atomic mass is 19.4. The molecule has 1 saturated carbocycles. The second-order valence-corrected chi connectivity index (χ2v) is 10.7. The first-order valence-electron chi connectivity index (χ1n) is 13.5. The van der Waals surface area contributed by atoms with Gasteiger partial charge in [0.15, 0.2) is 11.6 Å². The zero-order valence-electron chi connectivity index (χ0n) is 21.9. The standard InChI is InChI=1S/C34H25F4NO2/c35-32-28(29-17-23-16-24(39)15-22-10-9-21-5-2-6-27(29)31(21)30(22)23)14-13-26(20-3-1-4-20)33(32)40-18-19-7-11-25(12-8-19)41-34(36,37)38/h2,5-17,20H,1,3-4,18,39H2. The van der Waals surface area contributed by atoms with Crippen molar-refractivity contribution in [2.24, 2.45) is 0 Å². The summed E-state index contributed by atoms with van der Waals surface area (Å²) < 4.78 is 64.3. The number of rotatable bonds is 6. The number of benzene rings is 6. The fraction of sp³-hybridized carbons (Fsp3) is 0.176. The van der Waals surface area contributed by atoms with Crippen molar-refractivity contribution in [3.05, 3.63) is 102 Å². The van der Waals surface area contributed by atoms with Crippen molar-refractivity contribution in [2.75, 3.05) is 5.73 Å². The van der Waals surface area contributed by atoms with E-state index < -0.39 is 12.2 Å². The summed E-state index contributed by atoms with van der Waals surface area (Å²) in [6.45, 7) is -0.000302. The molecule has 0 aromatic heterocycles. The van der Waals surface area contributed by atoms with Crippen molar-refractivity contribution in [2.45, 2.75) is 38.1 Å². The van der Waals surface area contributed by atoms with Gasteiger partial charge in [-0.3, -0.25) is 0 Å². The zero-order chi connectivity index (χ0) is 28.3. The number of nitrogen functional groups attached to an aromatic ring is 1. The molecule has 206 valence electrons.